The van der Waals surface area contributed by atoms with Gasteiger partial charge < -0.3 is 14.8 Å². The van der Waals surface area contributed by atoms with Crippen molar-refractivity contribution in [2.24, 2.45) is 0 Å². The first kappa shape index (κ1) is 23.4. The maximum atomic E-state index is 12.7. The van der Waals surface area contributed by atoms with Crippen LogP contribution in [0.4, 0.5) is 0 Å². The molecule has 1 aliphatic carbocycles. The van der Waals surface area contributed by atoms with Gasteiger partial charge in [-0.1, -0.05) is 11.6 Å². The molecule has 1 aliphatic rings. The van der Waals surface area contributed by atoms with E-state index >= 15 is 0 Å². The van der Waals surface area contributed by atoms with Crippen LogP contribution in [0, 0.1) is 0 Å². The van der Waals surface area contributed by atoms with Crippen molar-refractivity contribution in [3.8, 4) is 11.5 Å². The van der Waals surface area contributed by atoms with Crippen molar-refractivity contribution in [3.05, 3.63) is 53.6 Å². The van der Waals surface area contributed by atoms with Crippen LogP contribution in [0.1, 0.15) is 39.5 Å². The molecule has 0 atom stereocenters. The lowest BCUT2D eigenvalue weighted by Gasteiger charge is -2.32. The van der Waals surface area contributed by atoms with E-state index in [1.165, 1.54) is 6.26 Å². The Kier molecular flexibility index (Phi) is 7.17. The molecule has 0 aromatic heterocycles. The van der Waals surface area contributed by atoms with Crippen molar-refractivity contribution in [2.75, 3.05) is 6.26 Å². The highest BCUT2D eigenvalue weighted by Crippen LogP contribution is 2.26. The van der Waals surface area contributed by atoms with Crippen LogP contribution in [0.2, 0.25) is 5.02 Å². The highest BCUT2D eigenvalue weighted by Gasteiger charge is 2.33. The quantitative estimate of drug-likeness (QED) is 0.655. The fraction of sp³-hybridized carbons (Fsp3) is 0.435. The molecule has 6 nitrogen and oxygen atoms in total. The maximum Gasteiger partial charge on any atom is 0.263 e. The van der Waals surface area contributed by atoms with Gasteiger partial charge in [-0.2, -0.15) is 0 Å². The molecule has 0 spiro atoms. The van der Waals surface area contributed by atoms with Gasteiger partial charge in [0.2, 0.25) is 0 Å². The highest BCUT2D eigenvalue weighted by atomic mass is 35.5. The number of hydrogen-bond acceptors (Lipinski definition) is 5. The van der Waals surface area contributed by atoms with Crippen LogP contribution in [0.3, 0.4) is 0 Å². The van der Waals surface area contributed by atoms with E-state index in [9.17, 15) is 13.2 Å². The van der Waals surface area contributed by atoms with Crippen LogP contribution >= 0.6 is 11.6 Å². The first-order chi connectivity index (χ1) is 14.5. The van der Waals surface area contributed by atoms with Gasteiger partial charge in [0.1, 0.15) is 11.5 Å². The van der Waals surface area contributed by atoms with E-state index in [-0.39, 0.29) is 22.9 Å². The van der Waals surface area contributed by atoms with E-state index in [2.05, 4.69) is 5.32 Å². The highest BCUT2D eigenvalue weighted by molar-refractivity contribution is 7.90. The van der Waals surface area contributed by atoms with Crippen LogP contribution in [-0.4, -0.2) is 38.3 Å². The zero-order valence-electron chi connectivity index (χ0n) is 17.9. The Bertz CT molecular complexity index is 995. The summed E-state index contributed by atoms with van der Waals surface area (Å²) in [7, 11) is -3.22. The molecule has 2 aromatic carbocycles. The summed E-state index contributed by atoms with van der Waals surface area (Å²) in [6.45, 7) is 3.48. The number of nitrogens with one attached hydrogen (secondary N) is 1. The number of ether oxygens (including phenoxy) is 2. The van der Waals surface area contributed by atoms with Gasteiger partial charge in [0.15, 0.2) is 15.4 Å². The zero-order valence-corrected chi connectivity index (χ0v) is 19.5. The van der Waals surface area contributed by atoms with Crippen LogP contribution < -0.4 is 14.8 Å². The van der Waals surface area contributed by atoms with E-state index in [0.717, 1.165) is 25.7 Å². The summed E-state index contributed by atoms with van der Waals surface area (Å²) in [5, 5.41) is 3.70. The number of hydrogen-bond donors (Lipinski definition) is 1. The van der Waals surface area contributed by atoms with E-state index in [4.69, 9.17) is 21.1 Å². The number of amides is 1. The van der Waals surface area contributed by atoms with Gasteiger partial charge in [-0.25, -0.2) is 8.42 Å². The van der Waals surface area contributed by atoms with Gasteiger partial charge in [-0.15, -0.1) is 0 Å². The Balaban J connectivity index is 1.48. The van der Waals surface area contributed by atoms with Gasteiger partial charge in [-0.05, 0) is 88.1 Å². The van der Waals surface area contributed by atoms with Gasteiger partial charge in [0.25, 0.3) is 5.91 Å². The van der Waals surface area contributed by atoms with Crippen molar-refractivity contribution in [2.45, 2.75) is 62.2 Å². The smallest absolute Gasteiger partial charge is 0.263 e. The van der Waals surface area contributed by atoms with Gasteiger partial charge in [-0.3, -0.25) is 4.79 Å². The molecule has 3 rings (SSSR count). The van der Waals surface area contributed by atoms with Crippen molar-refractivity contribution in [1.29, 1.82) is 0 Å². The predicted octanol–water partition coefficient (Wildman–Crippen LogP) is 4.41. The molecule has 0 aliphatic heterocycles. The summed E-state index contributed by atoms with van der Waals surface area (Å²) in [5.74, 6) is 1.07. The number of rotatable bonds is 7. The third-order valence-corrected chi connectivity index (χ3v) is 6.68. The van der Waals surface area contributed by atoms with E-state index in [1.807, 2.05) is 0 Å². The average Bonchev–Trinajstić information content (AvgIpc) is 2.71. The monoisotopic (exact) mass is 465 g/mol. The van der Waals surface area contributed by atoms with Crippen molar-refractivity contribution < 1.29 is 22.7 Å². The molecular formula is C23H28ClNO5S. The predicted molar refractivity (Wildman–Crippen MR) is 121 cm³/mol. The molecule has 0 radical (unpaired) electrons. The number of carbonyl (C=O) groups excluding carboxylic acids is 1. The third kappa shape index (κ3) is 6.61. The molecule has 1 saturated carbocycles. The summed E-state index contributed by atoms with van der Waals surface area (Å²) in [6.07, 6.45) is 4.42. The fourth-order valence-corrected chi connectivity index (χ4v) is 4.24. The van der Waals surface area contributed by atoms with Crippen molar-refractivity contribution in [3.63, 3.8) is 0 Å². The first-order valence-electron chi connectivity index (χ1n) is 10.3. The molecule has 0 bridgehead atoms. The third-order valence-electron chi connectivity index (χ3n) is 5.30. The van der Waals surface area contributed by atoms with Gasteiger partial charge in [0, 0.05) is 17.3 Å². The molecule has 8 heteroatoms. The molecule has 168 valence electrons. The summed E-state index contributed by atoms with van der Waals surface area (Å²) >= 11 is 5.89. The van der Waals surface area contributed by atoms with Gasteiger partial charge >= 0.3 is 0 Å². The van der Waals surface area contributed by atoms with E-state index in [1.54, 1.807) is 62.4 Å². The molecule has 0 heterocycles. The van der Waals surface area contributed by atoms with E-state index < -0.39 is 15.4 Å². The van der Waals surface area contributed by atoms with Crippen LogP contribution in [0.5, 0.6) is 11.5 Å². The first-order valence-corrected chi connectivity index (χ1v) is 12.5. The number of benzene rings is 2. The van der Waals surface area contributed by atoms with Crippen LogP contribution in [0.25, 0.3) is 0 Å². The summed E-state index contributed by atoms with van der Waals surface area (Å²) in [6, 6.07) is 13.5. The average molecular weight is 466 g/mol. The normalized spacial score (nSPS) is 19.5. The lowest BCUT2D eigenvalue weighted by molar-refractivity contribution is -0.135. The standard InChI is InChI=1S/C23H28ClNO5S/c1-23(2,30-20-8-4-16(24)5-9-20)22(26)25-17-6-10-18(11-7-17)29-19-12-14-21(15-13-19)31(3,27)28/h4-5,8-9,12-15,17-18H,6-7,10-11H2,1-3H3,(H,25,26)/t17-,18-. The Hall–Kier alpha value is -2.25. The molecule has 31 heavy (non-hydrogen) atoms. The summed E-state index contributed by atoms with van der Waals surface area (Å²) in [5.41, 5.74) is -1.01. The minimum Gasteiger partial charge on any atom is -0.490 e. The lowest BCUT2D eigenvalue weighted by Crippen LogP contribution is -2.51. The van der Waals surface area contributed by atoms with E-state index in [0.29, 0.717) is 16.5 Å². The second-order valence-corrected chi connectivity index (χ2v) is 10.8. The molecule has 1 fully saturated rings. The minimum atomic E-state index is -3.22. The molecule has 0 saturated heterocycles. The number of sulfone groups is 1. The maximum absolute atomic E-state index is 12.7. The SMILES string of the molecule is CC(C)(Oc1ccc(Cl)cc1)C(=O)N[C@H]1CC[C@H](Oc2ccc(S(C)(=O)=O)cc2)CC1. The molecule has 1 N–H and O–H groups in total. The van der Waals surface area contributed by atoms with Crippen molar-refractivity contribution >= 4 is 27.3 Å². The minimum absolute atomic E-state index is 0.0376. The van der Waals surface area contributed by atoms with Crippen molar-refractivity contribution in [1.82, 2.24) is 5.32 Å². The Labute approximate surface area is 188 Å². The molecule has 1 amide bonds. The topological polar surface area (TPSA) is 81.7 Å². The Morgan fingerprint density at radius 2 is 1.52 bits per heavy atom. The lowest BCUT2D eigenvalue weighted by atomic mass is 9.92. The summed E-state index contributed by atoms with van der Waals surface area (Å²) < 4.78 is 35.0. The second-order valence-electron chi connectivity index (χ2n) is 8.37. The molecule has 0 unspecified atom stereocenters. The number of halogens is 1. The number of carbonyl (C=O) groups is 1. The molecular weight excluding hydrogens is 438 g/mol. The summed E-state index contributed by atoms with van der Waals surface area (Å²) in [4.78, 5) is 13.0. The van der Waals surface area contributed by atoms with Gasteiger partial charge in [0.05, 0.1) is 11.0 Å². The van der Waals surface area contributed by atoms with Crippen LogP contribution in [0.15, 0.2) is 53.4 Å². The Morgan fingerprint density at radius 1 is 0.968 bits per heavy atom. The largest absolute Gasteiger partial charge is 0.490 e. The zero-order chi connectivity index (χ0) is 22.6. The second kappa shape index (κ2) is 9.49. The Morgan fingerprint density at radius 3 is 2.06 bits per heavy atom. The molecule has 2 aromatic rings. The fourth-order valence-electron chi connectivity index (χ4n) is 3.49. The van der Waals surface area contributed by atoms with Crippen LogP contribution in [-0.2, 0) is 14.6 Å².